The molecule has 0 aliphatic carbocycles. The van der Waals surface area contributed by atoms with E-state index in [9.17, 15) is 4.79 Å². The summed E-state index contributed by atoms with van der Waals surface area (Å²) in [5, 5.41) is 14.2. The summed E-state index contributed by atoms with van der Waals surface area (Å²) in [6.45, 7) is 3.49. The molecule has 7 heteroatoms. The summed E-state index contributed by atoms with van der Waals surface area (Å²) >= 11 is 1.62. The lowest BCUT2D eigenvalue weighted by molar-refractivity contribution is 0.0895. The number of rotatable bonds is 4. The Labute approximate surface area is 145 Å². The molecule has 2 aromatic heterocycles. The van der Waals surface area contributed by atoms with Gasteiger partial charge in [0.05, 0.1) is 31.0 Å². The molecule has 2 saturated heterocycles. The van der Waals surface area contributed by atoms with E-state index in [0.29, 0.717) is 18.9 Å². The molecular formula is C17H22N4O2S. The van der Waals surface area contributed by atoms with Gasteiger partial charge in [-0.3, -0.25) is 14.8 Å². The lowest BCUT2D eigenvalue weighted by Crippen LogP contribution is -2.52. The van der Waals surface area contributed by atoms with Crippen LogP contribution in [0.2, 0.25) is 0 Å². The van der Waals surface area contributed by atoms with Crippen molar-refractivity contribution in [2.24, 2.45) is 0 Å². The molecule has 128 valence electrons. The Balaban J connectivity index is 1.41. The smallest absolute Gasteiger partial charge is 0.269 e. The Bertz CT molecular complexity index is 679. The fourth-order valence-corrected chi connectivity index (χ4v) is 4.18. The van der Waals surface area contributed by atoms with Gasteiger partial charge in [0.1, 0.15) is 5.69 Å². The largest absolute Gasteiger partial charge is 0.378 e. The van der Waals surface area contributed by atoms with Gasteiger partial charge in [0.25, 0.3) is 5.91 Å². The lowest BCUT2D eigenvalue weighted by atomic mass is 10.0. The van der Waals surface area contributed by atoms with E-state index in [1.807, 2.05) is 22.9 Å². The van der Waals surface area contributed by atoms with Gasteiger partial charge in [0, 0.05) is 10.9 Å². The average Bonchev–Trinajstić information content (AvgIpc) is 3.36. The highest BCUT2D eigenvalue weighted by atomic mass is 32.1. The number of aromatic amines is 1. The van der Waals surface area contributed by atoms with E-state index in [-0.39, 0.29) is 18.0 Å². The predicted octanol–water partition coefficient (Wildman–Crippen LogP) is 2.12. The molecular weight excluding hydrogens is 324 g/mol. The van der Waals surface area contributed by atoms with Crippen molar-refractivity contribution < 1.29 is 9.53 Å². The molecule has 0 unspecified atom stereocenters. The first-order valence-corrected chi connectivity index (χ1v) is 9.46. The van der Waals surface area contributed by atoms with E-state index in [4.69, 9.17) is 4.74 Å². The Kier molecular flexibility index (Phi) is 4.64. The normalized spacial score (nSPS) is 25.0. The Morgan fingerprint density at radius 3 is 3.00 bits per heavy atom. The van der Waals surface area contributed by atoms with Gasteiger partial charge in [0.15, 0.2) is 0 Å². The molecule has 4 rings (SSSR count). The number of thiophene rings is 1. The van der Waals surface area contributed by atoms with Crippen LogP contribution in [0.15, 0.2) is 22.9 Å². The third kappa shape index (κ3) is 3.24. The first-order chi connectivity index (χ1) is 11.8. The summed E-state index contributed by atoms with van der Waals surface area (Å²) in [4.78, 5) is 15.0. The van der Waals surface area contributed by atoms with Crippen LogP contribution in [0.1, 0.15) is 29.8 Å². The van der Waals surface area contributed by atoms with Gasteiger partial charge in [-0.15, -0.1) is 0 Å². The maximum Gasteiger partial charge on any atom is 0.269 e. The number of aromatic nitrogens is 2. The van der Waals surface area contributed by atoms with Crippen LogP contribution >= 0.6 is 11.3 Å². The van der Waals surface area contributed by atoms with Gasteiger partial charge in [-0.2, -0.15) is 16.4 Å². The van der Waals surface area contributed by atoms with E-state index in [1.165, 1.54) is 19.3 Å². The third-order valence-electron chi connectivity index (χ3n) is 4.87. The van der Waals surface area contributed by atoms with E-state index < -0.39 is 0 Å². The summed E-state index contributed by atoms with van der Waals surface area (Å²) in [6.07, 6.45) is 3.78. The van der Waals surface area contributed by atoms with Gasteiger partial charge < -0.3 is 10.1 Å². The van der Waals surface area contributed by atoms with Crippen LogP contribution in [0, 0.1) is 0 Å². The number of amides is 1. The highest BCUT2D eigenvalue weighted by Crippen LogP contribution is 2.21. The summed E-state index contributed by atoms with van der Waals surface area (Å²) < 4.78 is 5.64. The molecule has 0 aromatic carbocycles. The van der Waals surface area contributed by atoms with Crippen molar-refractivity contribution >= 4 is 17.2 Å². The molecule has 2 atom stereocenters. The van der Waals surface area contributed by atoms with E-state index in [0.717, 1.165) is 24.3 Å². The van der Waals surface area contributed by atoms with Crippen LogP contribution in [-0.4, -0.2) is 59.4 Å². The second-order valence-electron chi connectivity index (χ2n) is 6.46. The van der Waals surface area contributed by atoms with Gasteiger partial charge in [-0.1, -0.05) is 6.42 Å². The van der Waals surface area contributed by atoms with Crippen molar-refractivity contribution in [1.29, 1.82) is 0 Å². The molecule has 0 saturated carbocycles. The van der Waals surface area contributed by atoms with E-state index in [2.05, 4.69) is 20.4 Å². The van der Waals surface area contributed by atoms with Crippen molar-refractivity contribution in [3.8, 4) is 11.3 Å². The summed E-state index contributed by atoms with van der Waals surface area (Å²) in [5.41, 5.74) is 2.34. The number of ether oxygens (including phenoxy) is 1. The first kappa shape index (κ1) is 15.8. The molecule has 4 heterocycles. The Morgan fingerprint density at radius 2 is 2.21 bits per heavy atom. The number of likely N-dealkylation sites (tertiary alicyclic amines) is 1. The van der Waals surface area contributed by atoms with Crippen LogP contribution < -0.4 is 5.32 Å². The van der Waals surface area contributed by atoms with Gasteiger partial charge >= 0.3 is 0 Å². The van der Waals surface area contributed by atoms with Crippen molar-refractivity contribution in [2.45, 2.75) is 31.3 Å². The number of nitrogens with zero attached hydrogens (tertiary/aromatic N) is 2. The number of H-pyrrole nitrogens is 1. The maximum atomic E-state index is 12.6. The minimum Gasteiger partial charge on any atom is -0.378 e. The second-order valence-corrected chi connectivity index (χ2v) is 7.24. The molecule has 0 spiro atoms. The first-order valence-electron chi connectivity index (χ1n) is 8.52. The van der Waals surface area contributed by atoms with Gasteiger partial charge in [-0.25, -0.2) is 0 Å². The topological polar surface area (TPSA) is 70.2 Å². The molecule has 24 heavy (non-hydrogen) atoms. The lowest BCUT2D eigenvalue weighted by Gasteiger charge is -2.34. The number of carbonyl (C=O) groups excluding carboxylic acids is 1. The minimum atomic E-state index is -0.110. The van der Waals surface area contributed by atoms with Gasteiger partial charge in [0.2, 0.25) is 0 Å². The fraction of sp³-hybridized carbons (Fsp3) is 0.529. The molecule has 2 aliphatic heterocycles. The number of hydrogen-bond acceptors (Lipinski definition) is 5. The maximum absolute atomic E-state index is 12.6. The average molecular weight is 346 g/mol. The summed E-state index contributed by atoms with van der Waals surface area (Å²) in [5.74, 6) is -0.110. The van der Waals surface area contributed by atoms with Crippen molar-refractivity contribution in [1.82, 2.24) is 20.4 Å². The number of hydrogen-bond donors (Lipinski definition) is 2. The molecule has 2 fully saturated rings. The minimum absolute atomic E-state index is 0.0449. The van der Waals surface area contributed by atoms with Crippen LogP contribution in [0.25, 0.3) is 11.3 Å². The van der Waals surface area contributed by atoms with E-state index >= 15 is 0 Å². The highest BCUT2D eigenvalue weighted by Gasteiger charge is 2.35. The van der Waals surface area contributed by atoms with Crippen molar-refractivity contribution in [3.05, 3.63) is 28.6 Å². The zero-order chi connectivity index (χ0) is 16.4. The second kappa shape index (κ2) is 7.04. The summed E-state index contributed by atoms with van der Waals surface area (Å²) in [6, 6.07) is 4.14. The van der Waals surface area contributed by atoms with E-state index in [1.54, 1.807) is 11.3 Å². The van der Waals surface area contributed by atoms with Crippen LogP contribution in [0.4, 0.5) is 0 Å². The van der Waals surface area contributed by atoms with Crippen LogP contribution in [0.3, 0.4) is 0 Å². The molecule has 2 aliphatic rings. The van der Waals surface area contributed by atoms with Crippen LogP contribution in [-0.2, 0) is 4.74 Å². The standard InChI is InChI=1S/C17H22N4O2S/c22-17(14-8-13(19-20-14)12-4-7-24-11-12)18-15-9-23-10-16(15)21-5-2-1-3-6-21/h4,7-8,11,15-16H,1-3,5-6,9-10H2,(H,18,22)(H,19,20)/t15-,16-/m0/s1. The molecule has 0 bridgehead atoms. The third-order valence-corrected chi connectivity index (χ3v) is 5.55. The predicted molar refractivity (Wildman–Crippen MR) is 93.2 cm³/mol. The summed E-state index contributed by atoms with van der Waals surface area (Å²) in [7, 11) is 0. The quantitative estimate of drug-likeness (QED) is 0.890. The molecule has 6 nitrogen and oxygen atoms in total. The Morgan fingerprint density at radius 1 is 1.33 bits per heavy atom. The zero-order valence-electron chi connectivity index (χ0n) is 13.5. The van der Waals surface area contributed by atoms with Crippen LogP contribution in [0.5, 0.6) is 0 Å². The molecule has 1 amide bonds. The highest BCUT2D eigenvalue weighted by molar-refractivity contribution is 7.08. The number of piperidine rings is 1. The van der Waals surface area contributed by atoms with Gasteiger partial charge in [-0.05, 0) is 43.4 Å². The van der Waals surface area contributed by atoms with Crippen molar-refractivity contribution in [3.63, 3.8) is 0 Å². The van der Waals surface area contributed by atoms with Crippen molar-refractivity contribution in [2.75, 3.05) is 26.3 Å². The molecule has 2 N–H and O–H groups in total. The molecule has 0 radical (unpaired) electrons. The fourth-order valence-electron chi connectivity index (χ4n) is 3.53. The number of carbonyl (C=O) groups is 1. The SMILES string of the molecule is O=C(N[C@H]1COC[C@@H]1N1CCCCC1)c1cc(-c2ccsc2)n[nH]1. The Hall–Kier alpha value is -1.70. The zero-order valence-corrected chi connectivity index (χ0v) is 14.3. The number of nitrogens with one attached hydrogen (secondary N) is 2. The molecule has 2 aromatic rings. The monoisotopic (exact) mass is 346 g/mol.